The van der Waals surface area contributed by atoms with Gasteiger partial charge in [0.15, 0.2) is 11.5 Å². The summed E-state index contributed by atoms with van der Waals surface area (Å²) in [5.41, 5.74) is 5.11. The van der Waals surface area contributed by atoms with Crippen molar-refractivity contribution in [3.63, 3.8) is 0 Å². The standard InChI is InChI=1S/C32H34N4O3/c33-22-26-23-34-29-21-30(37)31(39-17-5-4-14-36-15-18-38-19-16-36)20-28(29)32(26)35-27-12-10-25(11-13-27)9-8-24-6-2-1-3-7-24/h1-3,6-7,10-13,20-21,23,37H,4-5,8-9,14-19H2,(H,34,35). The van der Waals surface area contributed by atoms with Crippen LogP contribution in [0.4, 0.5) is 11.4 Å². The summed E-state index contributed by atoms with van der Waals surface area (Å²) in [5, 5.41) is 24.5. The monoisotopic (exact) mass is 522 g/mol. The van der Waals surface area contributed by atoms with Crippen LogP contribution in [0, 0.1) is 11.3 Å². The number of anilines is 2. The number of aromatic nitrogens is 1. The van der Waals surface area contributed by atoms with Crippen LogP contribution in [-0.2, 0) is 17.6 Å². The molecule has 7 heteroatoms. The minimum Gasteiger partial charge on any atom is -0.504 e. The summed E-state index contributed by atoms with van der Waals surface area (Å²) in [5.74, 6) is 0.437. The van der Waals surface area contributed by atoms with Gasteiger partial charge in [-0.2, -0.15) is 5.26 Å². The first-order chi connectivity index (χ1) is 19.2. The second-order valence-corrected chi connectivity index (χ2v) is 9.81. The van der Waals surface area contributed by atoms with E-state index in [2.05, 4.69) is 57.7 Å². The van der Waals surface area contributed by atoms with Crippen molar-refractivity contribution in [1.29, 1.82) is 5.26 Å². The highest BCUT2D eigenvalue weighted by molar-refractivity contribution is 5.97. The predicted molar refractivity (Wildman–Crippen MR) is 154 cm³/mol. The first kappa shape index (κ1) is 26.5. The van der Waals surface area contributed by atoms with Gasteiger partial charge in [-0.05, 0) is 61.6 Å². The Kier molecular flexibility index (Phi) is 8.90. The van der Waals surface area contributed by atoms with Gasteiger partial charge in [-0.25, -0.2) is 0 Å². The van der Waals surface area contributed by atoms with Gasteiger partial charge >= 0.3 is 0 Å². The fraction of sp³-hybridized carbons (Fsp3) is 0.312. The van der Waals surface area contributed by atoms with E-state index < -0.39 is 0 Å². The largest absolute Gasteiger partial charge is 0.504 e. The molecule has 0 aliphatic carbocycles. The number of aryl methyl sites for hydroxylation is 2. The SMILES string of the molecule is N#Cc1cnc2cc(O)c(OCCCCN3CCOCC3)cc2c1Nc1ccc(CCc2ccccc2)cc1. The minimum atomic E-state index is 0.0432. The van der Waals surface area contributed by atoms with Crippen LogP contribution in [0.15, 0.2) is 72.9 Å². The highest BCUT2D eigenvalue weighted by Crippen LogP contribution is 2.36. The van der Waals surface area contributed by atoms with Crippen molar-refractivity contribution in [3.8, 4) is 17.6 Å². The Hall–Kier alpha value is -4.12. The van der Waals surface area contributed by atoms with E-state index in [0.29, 0.717) is 29.1 Å². The maximum Gasteiger partial charge on any atom is 0.161 e. The highest BCUT2D eigenvalue weighted by Gasteiger charge is 2.14. The van der Waals surface area contributed by atoms with E-state index in [1.807, 2.05) is 18.2 Å². The Morgan fingerprint density at radius 1 is 0.974 bits per heavy atom. The lowest BCUT2D eigenvalue weighted by Gasteiger charge is -2.26. The number of hydrogen-bond donors (Lipinski definition) is 2. The fourth-order valence-corrected chi connectivity index (χ4v) is 4.82. The molecule has 1 saturated heterocycles. The molecule has 7 nitrogen and oxygen atoms in total. The van der Waals surface area contributed by atoms with Crippen LogP contribution in [0.3, 0.4) is 0 Å². The first-order valence-electron chi connectivity index (χ1n) is 13.6. The Morgan fingerprint density at radius 2 is 1.72 bits per heavy atom. The summed E-state index contributed by atoms with van der Waals surface area (Å²) in [6.45, 7) is 5.08. The molecule has 0 radical (unpaired) electrons. The van der Waals surface area contributed by atoms with Crippen LogP contribution in [0.1, 0.15) is 29.5 Å². The van der Waals surface area contributed by atoms with Crippen LogP contribution < -0.4 is 10.1 Å². The summed E-state index contributed by atoms with van der Waals surface area (Å²) < 4.78 is 11.4. The molecule has 200 valence electrons. The molecule has 0 unspecified atom stereocenters. The molecule has 1 aliphatic heterocycles. The minimum absolute atomic E-state index is 0.0432. The third kappa shape index (κ3) is 7.05. The topological polar surface area (TPSA) is 90.6 Å². The van der Waals surface area contributed by atoms with Crippen LogP contribution in [-0.4, -0.2) is 54.4 Å². The molecule has 1 fully saturated rings. The summed E-state index contributed by atoms with van der Waals surface area (Å²) in [6, 6.07) is 24.3. The smallest absolute Gasteiger partial charge is 0.161 e. The van der Waals surface area contributed by atoms with Gasteiger partial charge in [-0.1, -0.05) is 42.5 Å². The van der Waals surface area contributed by atoms with Gasteiger partial charge in [0.25, 0.3) is 0 Å². The number of morpholine rings is 1. The van der Waals surface area contributed by atoms with Gasteiger partial charge in [-0.3, -0.25) is 9.88 Å². The van der Waals surface area contributed by atoms with Crippen molar-refractivity contribution in [2.24, 2.45) is 0 Å². The molecular formula is C32H34N4O3. The van der Waals surface area contributed by atoms with Gasteiger partial charge in [0.2, 0.25) is 0 Å². The summed E-state index contributed by atoms with van der Waals surface area (Å²) >= 11 is 0. The molecule has 0 saturated carbocycles. The van der Waals surface area contributed by atoms with Crippen LogP contribution in [0.25, 0.3) is 10.9 Å². The summed E-state index contributed by atoms with van der Waals surface area (Å²) in [6.07, 6.45) is 5.37. The molecule has 3 aromatic carbocycles. The molecule has 5 rings (SSSR count). The lowest BCUT2D eigenvalue weighted by Crippen LogP contribution is -2.36. The molecule has 2 heterocycles. The first-order valence-corrected chi connectivity index (χ1v) is 13.6. The zero-order valence-corrected chi connectivity index (χ0v) is 22.1. The average Bonchev–Trinajstić information content (AvgIpc) is 2.98. The third-order valence-electron chi connectivity index (χ3n) is 7.07. The maximum absolute atomic E-state index is 10.6. The normalized spacial score (nSPS) is 13.7. The molecule has 39 heavy (non-hydrogen) atoms. The van der Waals surface area contributed by atoms with E-state index in [4.69, 9.17) is 9.47 Å². The van der Waals surface area contributed by atoms with Crippen molar-refractivity contribution < 1.29 is 14.6 Å². The number of pyridine rings is 1. The zero-order chi connectivity index (χ0) is 26.9. The number of nitriles is 1. The van der Waals surface area contributed by atoms with Gasteiger partial charge in [-0.15, -0.1) is 0 Å². The lowest BCUT2D eigenvalue weighted by atomic mass is 10.0. The number of rotatable bonds is 11. The van der Waals surface area contributed by atoms with Crippen LogP contribution in [0.2, 0.25) is 0 Å². The highest BCUT2D eigenvalue weighted by atomic mass is 16.5. The Labute approximate surface area is 229 Å². The van der Waals surface area contributed by atoms with Gasteiger partial charge in [0, 0.05) is 36.4 Å². The Bertz CT molecular complexity index is 1410. The van der Waals surface area contributed by atoms with Crippen LogP contribution >= 0.6 is 0 Å². The van der Waals surface area contributed by atoms with E-state index in [0.717, 1.165) is 69.6 Å². The number of ether oxygens (including phenoxy) is 2. The summed E-state index contributed by atoms with van der Waals surface area (Å²) in [4.78, 5) is 6.79. The fourth-order valence-electron chi connectivity index (χ4n) is 4.82. The van der Waals surface area contributed by atoms with Crippen molar-refractivity contribution in [3.05, 3.63) is 89.6 Å². The quantitative estimate of drug-likeness (QED) is 0.239. The molecule has 1 aliphatic rings. The number of nitrogens with one attached hydrogen (secondary N) is 1. The van der Waals surface area contributed by atoms with Gasteiger partial charge < -0.3 is 19.9 Å². The summed E-state index contributed by atoms with van der Waals surface area (Å²) in [7, 11) is 0. The average molecular weight is 523 g/mol. The molecule has 4 aromatic rings. The van der Waals surface area contributed by atoms with Gasteiger partial charge in [0.05, 0.1) is 36.6 Å². The third-order valence-corrected chi connectivity index (χ3v) is 7.07. The zero-order valence-electron chi connectivity index (χ0n) is 22.1. The molecule has 1 aromatic heterocycles. The number of phenolic OH excluding ortho intramolecular Hbond substituents is 1. The van der Waals surface area contributed by atoms with Crippen LogP contribution in [0.5, 0.6) is 11.5 Å². The number of nitrogens with zero attached hydrogens (tertiary/aromatic N) is 3. The predicted octanol–water partition coefficient (Wildman–Crippen LogP) is 5.83. The molecule has 0 bridgehead atoms. The number of unbranched alkanes of at least 4 members (excludes halogenated alkanes) is 1. The van der Waals surface area contributed by atoms with Crippen molar-refractivity contribution in [2.45, 2.75) is 25.7 Å². The van der Waals surface area contributed by atoms with Gasteiger partial charge in [0.1, 0.15) is 6.07 Å². The Morgan fingerprint density at radius 3 is 2.46 bits per heavy atom. The van der Waals surface area contributed by atoms with E-state index in [1.165, 1.54) is 17.3 Å². The number of benzene rings is 3. The number of phenols is 1. The van der Waals surface area contributed by atoms with E-state index >= 15 is 0 Å². The van der Waals surface area contributed by atoms with Crippen molar-refractivity contribution in [2.75, 3.05) is 44.8 Å². The van der Waals surface area contributed by atoms with E-state index in [-0.39, 0.29) is 5.75 Å². The van der Waals surface area contributed by atoms with E-state index in [1.54, 1.807) is 12.1 Å². The second kappa shape index (κ2) is 13.1. The molecule has 0 amide bonds. The Balaban J connectivity index is 1.26. The molecule has 2 N–H and O–H groups in total. The van der Waals surface area contributed by atoms with Crippen molar-refractivity contribution >= 4 is 22.3 Å². The number of aromatic hydroxyl groups is 1. The molecular weight excluding hydrogens is 488 g/mol. The number of fused-ring (bicyclic) bond motifs is 1. The molecule has 0 atom stereocenters. The number of hydrogen-bond acceptors (Lipinski definition) is 7. The molecule has 0 spiro atoms. The lowest BCUT2D eigenvalue weighted by molar-refractivity contribution is 0.0368. The second-order valence-electron chi connectivity index (χ2n) is 9.81. The maximum atomic E-state index is 10.6. The van der Waals surface area contributed by atoms with E-state index in [9.17, 15) is 10.4 Å². The van der Waals surface area contributed by atoms with Crippen molar-refractivity contribution in [1.82, 2.24) is 9.88 Å².